The highest BCUT2D eigenvalue weighted by molar-refractivity contribution is 5.67. The van der Waals surface area contributed by atoms with Crippen molar-refractivity contribution in [3.8, 4) is 40.1 Å². The van der Waals surface area contributed by atoms with Crippen molar-refractivity contribution in [2.24, 2.45) is 0 Å². The third-order valence-corrected chi connectivity index (χ3v) is 6.18. The Hall–Kier alpha value is -4.47. The van der Waals surface area contributed by atoms with Gasteiger partial charge in [0.15, 0.2) is 11.5 Å². The van der Waals surface area contributed by atoms with Gasteiger partial charge in [-0.05, 0) is 66.1 Å². The van der Waals surface area contributed by atoms with Crippen LogP contribution >= 0.6 is 0 Å². The Balaban J connectivity index is 1.34. The first kappa shape index (κ1) is 25.2. The zero-order chi connectivity index (χ0) is 26.9. The minimum atomic E-state index is -4.48. The fourth-order valence-electron chi connectivity index (χ4n) is 4.29. The van der Waals surface area contributed by atoms with Crippen LogP contribution in [0.1, 0.15) is 16.7 Å². The highest BCUT2D eigenvalue weighted by Crippen LogP contribution is 2.36. The average Bonchev–Trinajstić information content (AvgIpc) is 2.91. The molecule has 7 nitrogen and oxygen atoms in total. The van der Waals surface area contributed by atoms with Crippen LogP contribution in [0.3, 0.4) is 0 Å². The lowest BCUT2D eigenvalue weighted by Crippen LogP contribution is -2.28. The van der Waals surface area contributed by atoms with Gasteiger partial charge in [-0.1, -0.05) is 12.1 Å². The van der Waals surface area contributed by atoms with Crippen molar-refractivity contribution in [2.45, 2.75) is 25.7 Å². The van der Waals surface area contributed by atoms with Gasteiger partial charge in [0, 0.05) is 18.2 Å². The topological polar surface area (TPSA) is 71.8 Å². The summed E-state index contributed by atoms with van der Waals surface area (Å²) in [5, 5.41) is 0. The van der Waals surface area contributed by atoms with Crippen LogP contribution in [0.5, 0.6) is 28.9 Å². The largest absolute Gasteiger partial charge is 0.497 e. The number of hydrogen-bond donors (Lipinski definition) is 0. The molecule has 38 heavy (non-hydrogen) atoms. The second-order valence-electron chi connectivity index (χ2n) is 8.59. The number of alkyl halides is 3. The van der Waals surface area contributed by atoms with Gasteiger partial charge in [0.2, 0.25) is 5.88 Å². The van der Waals surface area contributed by atoms with Gasteiger partial charge in [0.25, 0.3) is 0 Å². The Labute approximate surface area is 216 Å². The van der Waals surface area contributed by atoms with Crippen LogP contribution in [0.4, 0.5) is 13.2 Å². The number of halogens is 3. The first-order valence-corrected chi connectivity index (χ1v) is 11.7. The van der Waals surface area contributed by atoms with E-state index in [1.807, 2.05) is 18.2 Å². The van der Waals surface area contributed by atoms with E-state index < -0.39 is 17.4 Å². The van der Waals surface area contributed by atoms with Crippen molar-refractivity contribution < 1.29 is 32.1 Å². The Morgan fingerprint density at radius 3 is 2.53 bits per heavy atom. The molecule has 0 bridgehead atoms. The lowest BCUT2D eigenvalue weighted by atomic mass is 9.97. The lowest BCUT2D eigenvalue weighted by molar-refractivity contribution is -0.137. The molecule has 1 aromatic heterocycles. The van der Waals surface area contributed by atoms with Crippen LogP contribution in [-0.4, -0.2) is 23.8 Å². The van der Waals surface area contributed by atoms with E-state index in [1.165, 1.54) is 19.2 Å². The summed E-state index contributed by atoms with van der Waals surface area (Å²) in [6.45, 7) is 0.581. The summed E-state index contributed by atoms with van der Waals surface area (Å²) >= 11 is 0. The van der Waals surface area contributed by atoms with E-state index in [0.29, 0.717) is 30.0 Å². The van der Waals surface area contributed by atoms with Crippen LogP contribution in [-0.2, 0) is 25.7 Å². The minimum absolute atomic E-state index is 0.0266. The fourth-order valence-corrected chi connectivity index (χ4v) is 4.29. The standard InChI is InChI=1S/C28H23F3N2O5/c1-35-20-7-8-22-18(13-20)10-11-33-23(22)15-26(32-27(33)34)37-16-17-6-9-24(25(12-17)36-2)38-21-5-3-4-19(14-21)28(29,30)31/h3-9,12-15H,10-11,16H2,1-2H3. The maximum absolute atomic E-state index is 13.0. The SMILES string of the molecule is COc1ccc2c(c1)CCn1c-2cc(OCc2ccc(Oc3cccc(C(F)(F)F)c3)c(OC)c2)nc1=O. The van der Waals surface area contributed by atoms with Gasteiger partial charge in [-0.3, -0.25) is 4.57 Å². The first-order chi connectivity index (χ1) is 18.2. The zero-order valence-electron chi connectivity index (χ0n) is 20.5. The minimum Gasteiger partial charge on any atom is -0.497 e. The normalized spacial score (nSPS) is 12.3. The molecule has 0 fully saturated rings. The van der Waals surface area contributed by atoms with Crippen molar-refractivity contribution in [3.63, 3.8) is 0 Å². The van der Waals surface area contributed by atoms with Crippen LogP contribution in [0.25, 0.3) is 11.3 Å². The van der Waals surface area contributed by atoms with Gasteiger partial charge in [0.1, 0.15) is 18.1 Å². The van der Waals surface area contributed by atoms with E-state index >= 15 is 0 Å². The first-order valence-electron chi connectivity index (χ1n) is 11.7. The number of aromatic nitrogens is 2. The van der Waals surface area contributed by atoms with E-state index in [1.54, 1.807) is 35.9 Å². The molecule has 0 radical (unpaired) electrons. The van der Waals surface area contributed by atoms with E-state index in [4.69, 9.17) is 18.9 Å². The molecule has 5 rings (SSSR count). The van der Waals surface area contributed by atoms with E-state index in [-0.39, 0.29) is 24.0 Å². The molecule has 0 spiro atoms. The third kappa shape index (κ3) is 5.15. The molecule has 1 aliphatic rings. The predicted octanol–water partition coefficient (Wildman–Crippen LogP) is 5.87. The van der Waals surface area contributed by atoms with Gasteiger partial charge in [-0.15, -0.1) is 0 Å². The third-order valence-electron chi connectivity index (χ3n) is 6.18. The molecule has 0 saturated heterocycles. The number of ether oxygens (including phenoxy) is 4. The number of fused-ring (bicyclic) bond motifs is 3. The number of rotatable bonds is 7. The van der Waals surface area contributed by atoms with Gasteiger partial charge < -0.3 is 18.9 Å². The smallest absolute Gasteiger partial charge is 0.416 e. The van der Waals surface area contributed by atoms with Crippen LogP contribution in [0, 0.1) is 0 Å². The summed E-state index contributed by atoms with van der Waals surface area (Å²) in [5.41, 5.74) is 2.17. The molecule has 0 N–H and O–H groups in total. The summed E-state index contributed by atoms with van der Waals surface area (Å²) in [4.78, 5) is 16.7. The second kappa shape index (κ2) is 10.1. The summed E-state index contributed by atoms with van der Waals surface area (Å²) in [6, 6.07) is 17.0. The van der Waals surface area contributed by atoms with Crippen molar-refractivity contribution >= 4 is 0 Å². The zero-order valence-corrected chi connectivity index (χ0v) is 20.5. The van der Waals surface area contributed by atoms with E-state index in [2.05, 4.69) is 4.98 Å². The number of nitrogens with zero attached hydrogens (tertiary/aromatic N) is 2. The molecule has 2 heterocycles. The summed E-state index contributed by atoms with van der Waals surface area (Å²) < 4.78 is 62.9. The number of aryl methyl sites for hydroxylation is 1. The molecule has 4 aromatic rings. The van der Waals surface area contributed by atoms with Crippen molar-refractivity contribution in [1.82, 2.24) is 9.55 Å². The summed E-state index contributed by atoms with van der Waals surface area (Å²) in [7, 11) is 3.04. The van der Waals surface area contributed by atoms with E-state index in [9.17, 15) is 18.0 Å². The molecule has 1 aliphatic heterocycles. The molecule has 10 heteroatoms. The van der Waals surface area contributed by atoms with Crippen LogP contribution < -0.4 is 24.6 Å². The van der Waals surface area contributed by atoms with Crippen LogP contribution in [0.15, 0.2) is 71.5 Å². The number of methoxy groups -OCH3 is 2. The van der Waals surface area contributed by atoms with Gasteiger partial charge in [0.05, 0.1) is 25.5 Å². The van der Waals surface area contributed by atoms with Gasteiger partial charge >= 0.3 is 11.9 Å². The molecular formula is C28H23F3N2O5. The van der Waals surface area contributed by atoms with Crippen molar-refractivity contribution in [1.29, 1.82) is 0 Å². The van der Waals surface area contributed by atoms with E-state index in [0.717, 1.165) is 29.0 Å². The summed E-state index contributed by atoms with van der Waals surface area (Å²) in [5.74, 6) is 1.50. The average molecular weight is 524 g/mol. The Bertz CT molecular complexity index is 1550. The Morgan fingerprint density at radius 1 is 0.921 bits per heavy atom. The molecule has 3 aromatic carbocycles. The van der Waals surface area contributed by atoms with Crippen molar-refractivity contribution in [2.75, 3.05) is 14.2 Å². The van der Waals surface area contributed by atoms with Gasteiger partial charge in [-0.25, -0.2) is 4.79 Å². The fraction of sp³-hybridized carbons (Fsp3) is 0.214. The molecule has 0 unspecified atom stereocenters. The summed E-state index contributed by atoms with van der Waals surface area (Å²) in [6.07, 6.45) is -3.79. The molecule has 196 valence electrons. The predicted molar refractivity (Wildman–Crippen MR) is 133 cm³/mol. The monoisotopic (exact) mass is 524 g/mol. The quantitative estimate of drug-likeness (QED) is 0.301. The van der Waals surface area contributed by atoms with Crippen molar-refractivity contribution in [3.05, 3.63) is 93.9 Å². The second-order valence-corrected chi connectivity index (χ2v) is 8.59. The Morgan fingerprint density at radius 2 is 1.76 bits per heavy atom. The molecular weight excluding hydrogens is 501 g/mol. The number of benzene rings is 3. The molecule has 0 atom stereocenters. The molecule has 0 saturated carbocycles. The highest BCUT2D eigenvalue weighted by atomic mass is 19.4. The Kier molecular flexibility index (Phi) is 6.71. The lowest BCUT2D eigenvalue weighted by Gasteiger charge is -2.22. The molecule has 0 aliphatic carbocycles. The highest BCUT2D eigenvalue weighted by Gasteiger charge is 2.30. The van der Waals surface area contributed by atoms with Gasteiger partial charge in [-0.2, -0.15) is 18.2 Å². The van der Waals surface area contributed by atoms with Crippen LogP contribution in [0.2, 0.25) is 0 Å². The maximum Gasteiger partial charge on any atom is 0.416 e. The number of hydrogen-bond acceptors (Lipinski definition) is 6. The maximum atomic E-state index is 13.0. The molecule has 0 amide bonds.